The fourth-order valence-electron chi connectivity index (χ4n) is 2.63. The Hall–Kier alpha value is -3.02. The summed E-state index contributed by atoms with van der Waals surface area (Å²) in [7, 11) is 0. The zero-order valence-corrected chi connectivity index (χ0v) is 14.4. The fraction of sp³-hybridized carbons (Fsp3) is 0.263. The highest BCUT2D eigenvalue weighted by Gasteiger charge is 2.11. The Morgan fingerprint density at radius 3 is 2.48 bits per heavy atom. The zero-order valence-electron chi connectivity index (χ0n) is 14.4. The van der Waals surface area contributed by atoms with Gasteiger partial charge in [-0.25, -0.2) is 0 Å². The van der Waals surface area contributed by atoms with Gasteiger partial charge in [0.2, 0.25) is 0 Å². The molecule has 0 bridgehead atoms. The number of aromatic nitrogens is 4. The number of aryl methyl sites for hydroxylation is 2. The summed E-state index contributed by atoms with van der Waals surface area (Å²) in [6.45, 7) is 3.86. The first kappa shape index (κ1) is 16.8. The van der Waals surface area contributed by atoms with Gasteiger partial charge in [-0.1, -0.05) is 30.3 Å². The normalized spacial score (nSPS) is 11.9. The Labute approximate surface area is 146 Å². The van der Waals surface area contributed by atoms with Crippen LogP contribution in [0, 0.1) is 6.92 Å². The van der Waals surface area contributed by atoms with Crippen LogP contribution in [-0.2, 0) is 6.42 Å². The third-order valence-electron chi connectivity index (χ3n) is 4.09. The van der Waals surface area contributed by atoms with Gasteiger partial charge in [-0.05, 0) is 66.9 Å². The Bertz CT molecular complexity index is 827. The van der Waals surface area contributed by atoms with Crippen molar-refractivity contribution in [1.82, 2.24) is 25.5 Å². The summed E-state index contributed by atoms with van der Waals surface area (Å²) in [4.78, 5) is 12.4. The van der Waals surface area contributed by atoms with E-state index in [0.29, 0.717) is 11.4 Å². The quantitative estimate of drug-likeness (QED) is 0.752. The molecule has 0 aliphatic carbocycles. The van der Waals surface area contributed by atoms with E-state index in [0.717, 1.165) is 18.5 Å². The molecule has 1 heterocycles. The molecule has 0 aliphatic rings. The highest BCUT2D eigenvalue weighted by Crippen LogP contribution is 2.10. The highest BCUT2D eigenvalue weighted by molar-refractivity contribution is 5.94. The molecule has 0 spiro atoms. The second-order valence-electron chi connectivity index (χ2n) is 6.08. The minimum Gasteiger partial charge on any atom is -0.350 e. The first-order chi connectivity index (χ1) is 12.1. The Kier molecular flexibility index (Phi) is 5.18. The summed E-state index contributed by atoms with van der Waals surface area (Å²) in [6.07, 6.45) is 1.84. The molecule has 3 aromatic rings. The van der Waals surface area contributed by atoms with Crippen molar-refractivity contribution in [2.45, 2.75) is 32.7 Å². The maximum Gasteiger partial charge on any atom is 0.251 e. The van der Waals surface area contributed by atoms with Gasteiger partial charge in [0.15, 0.2) is 5.82 Å². The lowest BCUT2D eigenvalue weighted by Gasteiger charge is -2.14. The van der Waals surface area contributed by atoms with Crippen LogP contribution < -0.4 is 5.32 Å². The van der Waals surface area contributed by atoms with Gasteiger partial charge in [0.05, 0.1) is 5.69 Å². The third-order valence-corrected chi connectivity index (χ3v) is 4.09. The molecule has 2 aromatic carbocycles. The summed E-state index contributed by atoms with van der Waals surface area (Å²) in [6, 6.07) is 17.6. The minimum atomic E-state index is -0.0689. The van der Waals surface area contributed by atoms with E-state index in [4.69, 9.17) is 0 Å². The van der Waals surface area contributed by atoms with E-state index in [1.54, 1.807) is 16.8 Å². The van der Waals surface area contributed by atoms with Gasteiger partial charge in [0.1, 0.15) is 0 Å². The van der Waals surface area contributed by atoms with Crippen molar-refractivity contribution < 1.29 is 4.79 Å². The largest absolute Gasteiger partial charge is 0.350 e. The molecule has 0 radical (unpaired) electrons. The standard InChI is InChI=1S/C19H21N5O/c1-14(8-9-16-6-4-3-5-7-16)20-19(25)17-10-12-18(13-11-17)24-15(2)21-22-23-24/h3-7,10-14H,8-9H2,1-2H3,(H,20,25)/t14-/m0/s1. The van der Waals surface area contributed by atoms with Crippen molar-refractivity contribution in [2.75, 3.05) is 0 Å². The minimum absolute atomic E-state index is 0.0689. The lowest BCUT2D eigenvalue weighted by molar-refractivity contribution is 0.0938. The smallest absolute Gasteiger partial charge is 0.251 e. The Balaban J connectivity index is 1.56. The summed E-state index contributed by atoms with van der Waals surface area (Å²) in [5.41, 5.74) is 2.74. The molecule has 1 amide bonds. The molecule has 128 valence electrons. The third kappa shape index (κ3) is 4.29. The first-order valence-corrected chi connectivity index (χ1v) is 8.33. The molecule has 0 unspecified atom stereocenters. The fourth-order valence-corrected chi connectivity index (χ4v) is 2.63. The number of amides is 1. The first-order valence-electron chi connectivity index (χ1n) is 8.33. The Morgan fingerprint density at radius 2 is 1.84 bits per heavy atom. The number of hydrogen-bond acceptors (Lipinski definition) is 4. The second kappa shape index (κ2) is 7.70. The van der Waals surface area contributed by atoms with Gasteiger partial charge in [0.25, 0.3) is 5.91 Å². The van der Waals surface area contributed by atoms with Crippen LogP contribution in [0.3, 0.4) is 0 Å². The lowest BCUT2D eigenvalue weighted by atomic mass is 10.1. The van der Waals surface area contributed by atoms with E-state index in [-0.39, 0.29) is 11.9 Å². The average molecular weight is 335 g/mol. The van der Waals surface area contributed by atoms with Crippen molar-refractivity contribution in [3.05, 3.63) is 71.5 Å². The van der Waals surface area contributed by atoms with Gasteiger partial charge in [-0.3, -0.25) is 4.79 Å². The summed E-state index contributed by atoms with van der Waals surface area (Å²) >= 11 is 0. The van der Waals surface area contributed by atoms with Crippen LogP contribution in [-0.4, -0.2) is 32.2 Å². The van der Waals surface area contributed by atoms with E-state index < -0.39 is 0 Å². The van der Waals surface area contributed by atoms with Crippen LogP contribution in [0.2, 0.25) is 0 Å². The van der Waals surface area contributed by atoms with Crippen LogP contribution in [0.25, 0.3) is 5.69 Å². The van der Waals surface area contributed by atoms with Gasteiger partial charge in [0, 0.05) is 11.6 Å². The van der Waals surface area contributed by atoms with Crippen molar-refractivity contribution in [1.29, 1.82) is 0 Å². The number of tetrazole rings is 1. The van der Waals surface area contributed by atoms with Gasteiger partial charge in [-0.2, -0.15) is 4.68 Å². The van der Waals surface area contributed by atoms with Gasteiger partial charge >= 0.3 is 0 Å². The zero-order chi connectivity index (χ0) is 17.6. The van der Waals surface area contributed by atoms with Crippen LogP contribution >= 0.6 is 0 Å². The topological polar surface area (TPSA) is 72.7 Å². The molecule has 1 N–H and O–H groups in total. The number of carbonyl (C=O) groups is 1. The number of rotatable bonds is 6. The molecular weight excluding hydrogens is 314 g/mol. The number of nitrogens with one attached hydrogen (secondary N) is 1. The Morgan fingerprint density at radius 1 is 1.12 bits per heavy atom. The number of nitrogens with zero attached hydrogens (tertiary/aromatic N) is 4. The van der Waals surface area contributed by atoms with Gasteiger partial charge in [-0.15, -0.1) is 5.10 Å². The van der Waals surface area contributed by atoms with E-state index in [2.05, 4.69) is 33.0 Å². The predicted molar refractivity (Wildman–Crippen MR) is 95.6 cm³/mol. The summed E-state index contributed by atoms with van der Waals surface area (Å²) in [5.74, 6) is 0.632. The SMILES string of the molecule is Cc1nnnn1-c1ccc(C(=O)N[C@@H](C)CCc2ccccc2)cc1. The molecule has 25 heavy (non-hydrogen) atoms. The number of carbonyl (C=O) groups excluding carboxylic acids is 1. The summed E-state index contributed by atoms with van der Waals surface area (Å²) < 4.78 is 1.63. The van der Waals surface area contributed by atoms with Crippen molar-refractivity contribution in [3.8, 4) is 5.69 Å². The molecule has 3 rings (SSSR count). The van der Waals surface area contributed by atoms with Crippen molar-refractivity contribution >= 4 is 5.91 Å². The maximum atomic E-state index is 12.4. The molecule has 0 fully saturated rings. The summed E-state index contributed by atoms with van der Waals surface area (Å²) in [5, 5.41) is 14.4. The molecule has 6 heteroatoms. The molecule has 0 aliphatic heterocycles. The van der Waals surface area contributed by atoms with Crippen molar-refractivity contribution in [3.63, 3.8) is 0 Å². The molecule has 6 nitrogen and oxygen atoms in total. The van der Waals surface area contributed by atoms with E-state index in [9.17, 15) is 4.79 Å². The van der Waals surface area contributed by atoms with Gasteiger partial charge < -0.3 is 5.32 Å². The lowest BCUT2D eigenvalue weighted by Crippen LogP contribution is -2.32. The van der Waals surface area contributed by atoms with Crippen LogP contribution in [0.15, 0.2) is 54.6 Å². The van der Waals surface area contributed by atoms with E-state index >= 15 is 0 Å². The molecule has 0 saturated carbocycles. The monoisotopic (exact) mass is 335 g/mol. The predicted octanol–water partition coefficient (Wildman–Crippen LogP) is 2.72. The highest BCUT2D eigenvalue weighted by atomic mass is 16.1. The molecule has 1 aromatic heterocycles. The van der Waals surface area contributed by atoms with Crippen LogP contribution in [0.4, 0.5) is 0 Å². The second-order valence-corrected chi connectivity index (χ2v) is 6.08. The number of hydrogen-bond donors (Lipinski definition) is 1. The van der Waals surface area contributed by atoms with Crippen LogP contribution in [0.5, 0.6) is 0 Å². The van der Waals surface area contributed by atoms with Crippen molar-refractivity contribution in [2.24, 2.45) is 0 Å². The molecule has 1 atom stereocenters. The molecule has 0 saturated heterocycles. The molecular formula is C19H21N5O. The maximum absolute atomic E-state index is 12.4. The average Bonchev–Trinajstić information content (AvgIpc) is 3.07. The van der Waals surface area contributed by atoms with Crippen LogP contribution in [0.1, 0.15) is 35.1 Å². The van der Waals surface area contributed by atoms with E-state index in [1.807, 2.05) is 44.2 Å². The van der Waals surface area contributed by atoms with E-state index in [1.165, 1.54) is 5.56 Å². The number of benzene rings is 2.